The Kier molecular flexibility index (Phi) is 9.30. The molecule has 1 aromatic rings. The van der Waals surface area contributed by atoms with Gasteiger partial charge < -0.3 is 10.6 Å². The Morgan fingerprint density at radius 2 is 2.08 bits per heavy atom. The van der Waals surface area contributed by atoms with Crippen LogP contribution in [0.4, 0.5) is 0 Å². The maximum atomic E-state index is 12.2. The predicted octanol–water partition coefficient (Wildman–Crippen LogP) is -0.523. The Labute approximate surface area is 164 Å². The van der Waals surface area contributed by atoms with Crippen molar-refractivity contribution in [1.82, 2.24) is 29.7 Å². The molecule has 0 amide bonds. The topological polar surface area (TPSA) is 105 Å². The molecule has 0 aliphatic carbocycles. The van der Waals surface area contributed by atoms with Gasteiger partial charge in [-0.15, -0.1) is 24.0 Å². The molecule has 0 spiro atoms. The van der Waals surface area contributed by atoms with E-state index in [-0.39, 0.29) is 29.7 Å². The first-order valence-corrected chi connectivity index (χ1v) is 10.1. The number of guanidine groups is 1. The van der Waals surface area contributed by atoms with Crippen molar-refractivity contribution in [2.75, 3.05) is 43.9 Å². The second-order valence-corrected chi connectivity index (χ2v) is 8.29. The lowest BCUT2D eigenvalue weighted by molar-refractivity contribution is 0.443. The van der Waals surface area contributed by atoms with Crippen LogP contribution in [0.1, 0.15) is 5.82 Å². The fourth-order valence-electron chi connectivity index (χ4n) is 2.12. The lowest BCUT2D eigenvalue weighted by atomic mass is 10.6. The van der Waals surface area contributed by atoms with Crippen LogP contribution in [0.5, 0.6) is 0 Å². The number of nitrogens with one attached hydrogen (secondary N) is 2. The predicted molar refractivity (Wildman–Crippen MR) is 107 cm³/mol. The standard InChI is InChI=1S/C12H23N7O2S2.HI/c1-13-12(15-9-11-16-10-17-18(11)2)14-3-8-23(20,21)19-4-6-22-7-5-19;/h10H,3-9H2,1-2H3,(H2,13,14,15);1H. The molecule has 1 saturated heterocycles. The normalized spacial score (nSPS) is 16.5. The molecular weight excluding hydrogens is 465 g/mol. The zero-order valence-corrected chi connectivity index (χ0v) is 17.8. The second kappa shape index (κ2) is 10.4. The Bertz CT molecular complexity index is 629. The first-order chi connectivity index (χ1) is 11.0. The molecule has 2 rings (SSSR count). The van der Waals surface area contributed by atoms with E-state index in [2.05, 4.69) is 25.7 Å². The molecule has 1 aliphatic heterocycles. The summed E-state index contributed by atoms with van der Waals surface area (Å²) in [6.45, 7) is 1.98. The molecule has 138 valence electrons. The number of hydrogen-bond donors (Lipinski definition) is 2. The van der Waals surface area contributed by atoms with Crippen LogP contribution in [0.3, 0.4) is 0 Å². The molecule has 0 radical (unpaired) electrons. The van der Waals surface area contributed by atoms with E-state index in [1.165, 1.54) is 6.33 Å². The lowest BCUT2D eigenvalue weighted by Gasteiger charge is -2.25. The van der Waals surface area contributed by atoms with Gasteiger partial charge in [0, 0.05) is 45.2 Å². The number of thioether (sulfide) groups is 1. The maximum Gasteiger partial charge on any atom is 0.215 e. The van der Waals surface area contributed by atoms with Gasteiger partial charge in [-0.05, 0) is 0 Å². The van der Waals surface area contributed by atoms with Crippen molar-refractivity contribution in [2.45, 2.75) is 6.54 Å². The summed E-state index contributed by atoms with van der Waals surface area (Å²) < 4.78 is 27.7. The van der Waals surface area contributed by atoms with Gasteiger partial charge >= 0.3 is 0 Å². The summed E-state index contributed by atoms with van der Waals surface area (Å²) >= 11 is 1.79. The first kappa shape index (κ1) is 21.4. The highest BCUT2D eigenvalue weighted by Gasteiger charge is 2.23. The summed E-state index contributed by atoms with van der Waals surface area (Å²) in [6.07, 6.45) is 1.48. The summed E-state index contributed by atoms with van der Waals surface area (Å²) in [5, 5.41) is 10.1. The third-order valence-corrected chi connectivity index (χ3v) is 6.27. The minimum absolute atomic E-state index is 0. The number of aliphatic imine (C=N–C) groups is 1. The molecule has 24 heavy (non-hydrogen) atoms. The summed E-state index contributed by atoms with van der Waals surface area (Å²) in [5.74, 6) is 3.10. The summed E-state index contributed by atoms with van der Waals surface area (Å²) in [7, 11) is 0.247. The van der Waals surface area contributed by atoms with E-state index in [1.807, 2.05) is 7.05 Å². The molecule has 1 fully saturated rings. The smallest absolute Gasteiger partial charge is 0.215 e. The van der Waals surface area contributed by atoms with E-state index < -0.39 is 10.0 Å². The van der Waals surface area contributed by atoms with Crippen molar-refractivity contribution in [1.29, 1.82) is 0 Å². The largest absolute Gasteiger partial charge is 0.355 e. The molecule has 1 aromatic heterocycles. The second-order valence-electron chi connectivity index (χ2n) is 4.98. The first-order valence-electron chi connectivity index (χ1n) is 7.36. The molecule has 0 unspecified atom stereocenters. The van der Waals surface area contributed by atoms with E-state index in [0.717, 1.165) is 17.3 Å². The Morgan fingerprint density at radius 3 is 2.67 bits per heavy atom. The van der Waals surface area contributed by atoms with Crippen LogP contribution in [0.2, 0.25) is 0 Å². The number of aromatic nitrogens is 3. The molecule has 12 heteroatoms. The van der Waals surface area contributed by atoms with Crippen molar-refractivity contribution in [3.05, 3.63) is 12.2 Å². The van der Waals surface area contributed by atoms with E-state index in [9.17, 15) is 8.42 Å². The monoisotopic (exact) mass is 489 g/mol. The summed E-state index contributed by atoms with van der Waals surface area (Å²) in [6, 6.07) is 0. The summed E-state index contributed by atoms with van der Waals surface area (Å²) in [5.41, 5.74) is 0. The molecule has 1 aliphatic rings. The third kappa shape index (κ3) is 6.37. The van der Waals surface area contributed by atoms with Gasteiger partial charge in [0.1, 0.15) is 12.2 Å². The van der Waals surface area contributed by atoms with Crippen LogP contribution < -0.4 is 10.6 Å². The zero-order chi connectivity index (χ0) is 16.7. The highest BCUT2D eigenvalue weighted by molar-refractivity contribution is 14.0. The van der Waals surface area contributed by atoms with Gasteiger partial charge in [0.15, 0.2) is 5.96 Å². The molecule has 0 atom stereocenters. The molecule has 2 heterocycles. The Hall–Kier alpha value is -0.600. The van der Waals surface area contributed by atoms with Crippen LogP contribution in [0.15, 0.2) is 11.3 Å². The quantitative estimate of drug-likeness (QED) is 0.315. The summed E-state index contributed by atoms with van der Waals surface area (Å²) in [4.78, 5) is 8.18. The van der Waals surface area contributed by atoms with Crippen LogP contribution in [0.25, 0.3) is 0 Å². The number of halogens is 1. The van der Waals surface area contributed by atoms with Crippen molar-refractivity contribution < 1.29 is 8.42 Å². The average molecular weight is 489 g/mol. The Morgan fingerprint density at radius 1 is 1.38 bits per heavy atom. The van der Waals surface area contributed by atoms with Crippen molar-refractivity contribution in [2.24, 2.45) is 12.0 Å². The van der Waals surface area contributed by atoms with Gasteiger partial charge in [0.2, 0.25) is 10.0 Å². The Balaban J connectivity index is 0.00000288. The maximum absolute atomic E-state index is 12.2. The van der Waals surface area contributed by atoms with Gasteiger partial charge in [-0.3, -0.25) is 9.67 Å². The number of rotatable bonds is 6. The SMILES string of the molecule is CN=C(NCCS(=O)(=O)N1CCSCC1)NCc1ncnn1C.I. The number of sulfonamides is 1. The highest BCUT2D eigenvalue weighted by Crippen LogP contribution is 2.12. The van der Waals surface area contributed by atoms with Crippen molar-refractivity contribution >= 4 is 51.7 Å². The fourth-order valence-corrected chi connectivity index (χ4v) is 4.61. The average Bonchev–Trinajstić information content (AvgIpc) is 2.96. The molecule has 0 aromatic carbocycles. The molecule has 2 N–H and O–H groups in total. The van der Waals surface area contributed by atoms with E-state index >= 15 is 0 Å². The minimum atomic E-state index is -3.20. The zero-order valence-electron chi connectivity index (χ0n) is 13.8. The molecule has 9 nitrogen and oxygen atoms in total. The van der Waals surface area contributed by atoms with Crippen molar-refractivity contribution in [3.63, 3.8) is 0 Å². The van der Waals surface area contributed by atoms with Gasteiger partial charge in [0.25, 0.3) is 0 Å². The van der Waals surface area contributed by atoms with Crippen LogP contribution in [-0.4, -0.2) is 77.4 Å². The number of aryl methyl sites for hydroxylation is 1. The van der Waals surface area contributed by atoms with Gasteiger partial charge in [0.05, 0.1) is 12.3 Å². The van der Waals surface area contributed by atoms with Crippen LogP contribution >= 0.6 is 35.7 Å². The van der Waals surface area contributed by atoms with Gasteiger partial charge in [-0.1, -0.05) is 0 Å². The van der Waals surface area contributed by atoms with E-state index in [4.69, 9.17) is 0 Å². The van der Waals surface area contributed by atoms with Crippen molar-refractivity contribution in [3.8, 4) is 0 Å². The molecule has 0 saturated carbocycles. The van der Waals surface area contributed by atoms with E-state index in [0.29, 0.717) is 32.1 Å². The number of hydrogen-bond acceptors (Lipinski definition) is 6. The van der Waals surface area contributed by atoms with Gasteiger partial charge in [-0.2, -0.15) is 16.9 Å². The molecular formula is C12H24IN7O2S2. The molecule has 0 bridgehead atoms. The van der Waals surface area contributed by atoms with Gasteiger partial charge in [-0.25, -0.2) is 17.7 Å². The van der Waals surface area contributed by atoms with Crippen LogP contribution in [0, 0.1) is 0 Å². The third-order valence-electron chi connectivity index (χ3n) is 3.46. The highest BCUT2D eigenvalue weighted by atomic mass is 127. The minimum Gasteiger partial charge on any atom is -0.355 e. The fraction of sp³-hybridized carbons (Fsp3) is 0.750. The lowest BCUT2D eigenvalue weighted by Crippen LogP contribution is -2.44. The van der Waals surface area contributed by atoms with Crippen LogP contribution in [-0.2, 0) is 23.6 Å². The number of nitrogens with zero attached hydrogens (tertiary/aromatic N) is 5. The van der Waals surface area contributed by atoms with E-state index in [1.54, 1.807) is 27.8 Å².